The molecular formula is C20H25N3O3S. The molecule has 1 aromatic carbocycles. The third kappa shape index (κ3) is 4.36. The SMILES string of the molecule is CCn1c(C)c(C(C)=O)sc1=Nc1ccc(CC(=O)N2CCC(O)C2)cc1. The van der Waals surface area contributed by atoms with Gasteiger partial charge in [0, 0.05) is 32.3 Å². The van der Waals surface area contributed by atoms with Crippen LogP contribution in [0.5, 0.6) is 0 Å². The molecule has 2 heterocycles. The fourth-order valence-corrected chi connectivity index (χ4v) is 4.43. The third-order valence-corrected chi connectivity index (χ3v) is 6.11. The molecule has 27 heavy (non-hydrogen) atoms. The van der Waals surface area contributed by atoms with Crippen LogP contribution < -0.4 is 4.80 Å². The Hall–Kier alpha value is -2.25. The largest absolute Gasteiger partial charge is 0.391 e. The molecular weight excluding hydrogens is 362 g/mol. The number of hydrogen-bond donors (Lipinski definition) is 1. The maximum absolute atomic E-state index is 12.3. The molecule has 1 N–H and O–H groups in total. The van der Waals surface area contributed by atoms with Crippen LogP contribution in [0.3, 0.4) is 0 Å². The van der Waals surface area contributed by atoms with Gasteiger partial charge in [-0.25, -0.2) is 4.99 Å². The first-order valence-electron chi connectivity index (χ1n) is 9.19. The average molecular weight is 388 g/mol. The van der Waals surface area contributed by atoms with E-state index in [1.165, 1.54) is 11.3 Å². The fraction of sp³-hybridized carbons (Fsp3) is 0.450. The molecule has 1 aromatic heterocycles. The van der Waals surface area contributed by atoms with E-state index in [2.05, 4.69) is 4.99 Å². The number of hydrogen-bond acceptors (Lipinski definition) is 5. The lowest BCUT2D eigenvalue weighted by Gasteiger charge is -2.15. The van der Waals surface area contributed by atoms with Crippen molar-refractivity contribution in [2.45, 2.75) is 46.3 Å². The molecule has 1 aliphatic heterocycles. The number of Topliss-reactive ketones (excluding diaryl/α,β-unsaturated/α-hetero) is 1. The molecule has 1 saturated heterocycles. The Bertz CT molecular complexity index is 912. The van der Waals surface area contributed by atoms with Gasteiger partial charge in [-0.3, -0.25) is 9.59 Å². The number of thiazole rings is 1. The van der Waals surface area contributed by atoms with E-state index in [1.54, 1.807) is 11.8 Å². The zero-order valence-electron chi connectivity index (χ0n) is 15.9. The van der Waals surface area contributed by atoms with Gasteiger partial charge in [0.25, 0.3) is 0 Å². The molecule has 0 spiro atoms. The molecule has 0 saturated carbocycles. The van der Waals surface area contributed by atoms with E-state index in [0.717, 1.165) is 33.2 Å². The number of rotatable bonds is 5. The highest BCUT2D eigenvalue weighted by molar-refractivity contribution is 7.11. The summed E-state index contributed by atoms with van der Waals surface area (Å²) in [5, 5.41) is 9.56. The maximum atomic E-state index is 12.3. The van der Waals surface area contributed by atoms with Gasteiger partial charge in [-0.2, -0.15) is 0 Å². The summed E-state index contributed by atoms with van der Waals surface area (Å²) in [5.41, 5.74) is 2.67. The Morgan fingerprint density at radius 1 is 1.30 bits per heavy atom. The van der Waals surface area contributed by atoms with E-state index in [1.807, 2.05) is 42.7 Å². The van der Waals surface area contributed by atoms with Crippen molar-refractivity contribution in [1.29, 1.82) is 0 Å². The van der Waals surface area contributed by atoms with Gasteiger partial charge < -0.3 is 14.6 Å². The summed E-state index contributed by atoms with van der Waals surface area (Å²) in [6, 6.07) is 7.60. The first kappa shape index (κ1) is 19.5. The van der Waals surface area contributed by atoms with E-state index in [4.69, 9.17) is 0 Å². The molecule has 7 heteroatoms. The first-order valence-corrected chi connectivity index (χ1v) is 10.0. The Kier molecular flexibility index (Phi) is 5.92. The zero-order chi connectivity index (χ0) is 19.6. The minimum absolute atomic E-state index is 0.0417. The summed E-state index contributed by atoms with van der Waals surface area (Å²) >= 11 is 1.41. The predicted molar refractivity (Wildman–Crippen MR) is 105 cm³/mol. The third-order valence-electron chi connectivity index (χ3n) is 4.83. The minimum atomic E-state index is -0.394. The van der Waals surface area contributed by atoms with Crippen molar-refractivity contribution in [3.05, 3.63) is 45.2 Å². The molecule has 3 rings (SSSR count). The van der Waals surface area contributed by atoms with Gasteiger partial charge in [0.2, 0.25) is 5.91 Å². The second-order valence-corrected chi connectivity index (χ2v) is 7.81. The standard InChI is InChI=1S/C20H25N3O3S/c1-4-23-13(2)19(14(3)24)27-20(23)21-16-7-5-15(6-8-16)11-18(26)22-10-9-17(25)12-22/h5-8,17,25H,4,9-12H2,1-3H3. The van der Waals surface area contributed by atoms with Crippen LogP contribution in [0.15, 0.2) is 29.3 Å². The monoisotopic (exact) mass is 387 g/mol. The van der Waals surface area contributed by atoms with Gasteiger partial charge in [-0.15, -0.1) is 0 Å². The summed E-state index contributed by atoms with van der Waals surface area (Å²) in [5.74, 6) is 0.0992. The van der Waals surface area contributed by atoms with Crippen LogP contribution in [0, 0.1) is 6.92 Å². The number of ketones is 1. The summed E-state index contributed by atoms with van der Waals surface area (Å²) in [4.78, 5) is 32.0. The second kappa shape index (κ2) is 8.19. The van der Waals surface area contributed by atoms with Crippen LogP contribution in [0.25, 0.3) is 0 Å². The van der Waals surface area contributed by atoms with Crippen molar-refractivity contribution in [2.75, 3.05) is 13.1 Å². The maximum Gasteiger partial charge on any atom is 0.227 e. The van der Waals surface area contributed by atoms with E-state index in [-0.39, 0.29) is 11.7 Å². The molecule has 0 radical (unpaired) electrons. The molecule has 6 nitrogen and oxygen atoms in total. The van der Waals surface area contributed by atoms with Gasteiger partial charge in [0.05, 0.1) is 23.1 Å². The smallest absolute Gasteiger partial charge is 0.227 e. The lowest BCUT2D eigenvalue weighted by atomic mass is 10.1. The molecule has 1 fully saturated rings. The molecule has 1 aliphatic rings. The highest BCUT2D eigenvalue weighted by Gasteiger charge is 2.24. The topological polar surface area (TPSA) is 74.9 Å². The van der Waals surface area contributed by atoms with Crippen molar-refractivity contribution in [3.8, 4) is 0 Å². The summed E-state index contributed by atoms with van der Waals surface area (Å²) in [6.07, 6.45) is 0.590. The van der Waals surface area contributed by atoms with Crippen molar-refractivity contribution < 1.29 is 14.7 Å². The number of carbonyl (C=O) groups is 2. The highest BCUT2D eigenvalue weighted by Crippen LogP contribution is 2.17. The van der Waals surface area contributed by atoms with Gasteiger partial charge >= 0.3 is 0 Å². The molecule has 1 amide bonds. The summed E-state index contributed by atoms with van der Waals surface area (Å²) in [6.45, 7) is 7.36. The number of aromatic nitrogens is 1. The molecule has 0 aliphatic carbocycles. The van der Waals surface area contributed by atoms with E-state index in [0.29, 0.717) is 25.9 Å². The average Bonchev–Trinajstić information content (AvgIpc) is 3.20. The number of aliphatic hydroxyl groups excluding tert-OH is 1. The van der Waals surface area contributed by atoms with Crippen molar-refractivity contribution in [2.24, 2.45) is 4.99 Å². The Labute approximate surface area is 162 Å². The molecule has 1 unspecified atom stereocenters. The number of likely N-dealkylation sites (tertiary alicyclic amines) is 1. The predicted octanol–water partition coefficient (Wildman–Crippen LogP) is 2.45. The van der Waals surface area contributed by atoms with Crippen LogP contribution in [-0.2, 0) is 17.8 Å². The van der Waals surface area contributed by atoms with Gasteiger partial charge in [-0.05, 0) is 38.0 Å². The van der Waals surface area contributed by atoms with Gasteiger partial charge in [-0.1, -0.05) is 23.5 Å². The summed E-state index contributed by atoms with van der Waals surface area (Å²) < 4.78 is 2.04. The number of carbonyl (C=O) groups excluding carboxylic acids is 2. The van der Waals surface area contributed by atoms with Crippen LogP contribution in [0.2, 0.25) is 0 Å². The number of aliphatic hydroxyl groups is 1. The van der Waals surface area contributed by atoms with Crippen LogP contribution in [0.1, 0.15) is 41.2 Å². The number of nitrogens with zero attached hydrogens (tertiary/aromatic N) is 3. The number of β-amino-alcohol motifs (C(OH)–C–C–N with tert-alkyl or cyclic N) is 1. The van der Waals surface area contributed by atoms with Crippen molar-refractivity contribution >= 4 is 28.7 Å². The molecule has 1 atom stereocenters. The van der Waals surface area contributed by atoms with E-state index < -0.39 is 6.10 Å². The molecule has 2 aromatic rings. The first-order chi connectivity index (χ1) is 12.9. The normalized spacial score (nSPS) is 17.6. The Morgan fingerprint density at radius 3 is 2.56 bits per heavy atom. The molecule has 0 bridgehead atoms. The minimum Gasteiger partial charge on any atom is -0.391 e. The van der Waals surface area contributed by atoms with Crippen molar-refractivity contribution in [3.63, 3.8) is 0 Å². The summed E-state index contributed by atoms with van der Waals surface area (Å²) in [7, 11) is 0. The van der Waals surface area contributed by atoms with Crippen LogP contribution >= 0.6 is 11.3 Å². The quantitative estimate of drug-likeness (QED) is 0.801. The zero-order valence-corrected chi connectivity index (χ0v) is 16.8. The van der Waals surface area contributed by atoms with Crippen LogP contribution in [0.4, 0.5) is 5.69 Å². The van der Waals surface area contributed by atoms with Crippen LogP contribution in [-0.4, -0.2) is 45.5 Å². The van der Waals surface area contributed by atoms with E-state index >= 15 is 0 Å². The highest BCUT2D eigenvalue weighted by atomic mass is 32.1. The molecule has 144 valence electrons. The Morgan fingerprint density at radius 2 is 2.00 bits per heavy atom. The lowest BCUT2D eigenvalue weighted by molar-refractivity contribution is -0.129. The fourth-order valence-electron chi connectivity index (χ4n) is 3.32. The van der Waals surface area contributed by atoms with Crippen molar-refractivity contribution in [1.82, 2.24) is 9.47 Å². The van der Waals surface area contributed by atoms with Gasteiger partial charge in [0.15, 0.2) is 10.6 Å². The second-order valence-electron chi connectivity index (χ2n) is 6.84. The number of benzene rings is 1. The van der Waals surface area contributed by atoms with E-state index in [9.17, 15) is 14.7 Å². The Balaban J connectivity index is 1.78. The number of amides is 1. The lowest BCUT2D eigenvalue weighted by Crippen LogP contribution is -2.30. The van der Waals surface area contributed by atoms with Gasteiger partial charge in [0.1, 0.15) is 0 Å².